The average molecular weight is 382 g/mol. The maximum absolute atomic E-state index is 12.3. The van der Waals surface area contributed by atoms with Crippen molar-refractivity contribution < 1.29 is 23.1 Å². The Morgan fingerprint density at radius 2 is 1.58 bits per heavy atom. The number of aliphatic carboxylic acids is 1. The molecule has 1 aliphatic rings. The first-order valence-corrected chi connectivity index (χ1v) is 10.6. The molecule has 0 aliphatic heterocycles. The largest absolute Gasteiger partial charge is 0.481 e. The van der Waals surface area contributed by atoms with Crippen LogP contribution < -0.4 is 10.0 Å². The van der Waals surface area contributed by atoms with Crippen LogP contribution in [0.15, 0.2) is 24.3 Å². The third-order valence-corrected chi connectivity index (χ3v) is 6.01. The van der Waals surface area contributed by atoms with Gasteiger partial charge in [0.1, 0.15) is 0 Å². The van der Waals surface area contributed by atoms with Crippen molar-refractivity contribution in [1.82, 2.24) is 0 Å². The van der Waals surface area contributed by atoms with Crippen molar-refractivity contribution in [1.29, 1.82) is 0 Å². The van der Waals surface area contributed by atoms with E-state index in [1.807, 2.05) is 6.92 Å². The first-order valence-electron chi connectivity index (χ1n) is 8.95. The van der Waals surface area contributed by atoms with Crippen LogP contribution >= 0.6 is 0 Å². The van der Waals surface area contributed by atoms with Gasteiger partial charge in [-0.3, -0.25) is 14.3 Å². The Morgan fingerprint density at radius 1 is 1.04 bits per heavy atom. The number of anilines is 2. The molecule has 7 nitrogen and oxygen atoms in total. The SMILES string of the molecule is CCCCS(=O)(=O)Nc1ccc(NC(=O)C2CCC(C(=O)O)CC2)cc1. The zero-order valence-corrected chi connectivity index (χ0v) is 15.7. The number of hydrogen-bond acceptors (Lipinski definition) is 4. The highest BCUT2D eigenvalue weighted by molar-refractivity contribution is 7.92. The number of carboxylic acid groups (broad SMARTS) is 1. The molecule has 26 heavy (non-hydrogen) atoms. The lowest BCUT2D eigenvalue weighted by molar-refractivity contribution is -0.143. The van der Waals surface area contributed by atoms with Crippen LogP contribution in [0.3, 0.4) is 0 Å². The zero-order chi connectivity index (χ0) is 19.2. The molecule has 0 bridgehead atoms. The third-order valence-electron chi connectivity index (χ3n) is 4.64. The minimum Gasteiger partial charge on any atom is -0.481 e. The molecule has 0 aromatic heterocycles. The number of carboxylic acids is 1. The van der Waals surface area contributed by atoms with Crippen molar-refractivity contribution in [3.8, 4) is 0 Å². The number of hydrogen-bond donors (Lipinski definition) is 3. The summed E-state index contributed by atoms with van der Waals surface area (Å²) in [6.07, 6.45) is 3.59. The van der Waals surface area contributed by atoms with E-state index in [4.69, 9.17) is 5.11 Å². The van der Waals surface area contributed by atoms with Gasteiger partial charge in [0.05, 0.1) is 11.7 Å². The van der Waals surface area contributed by atoms with Crippen LogP contribution in [0.25, 0.3) is 0 Å². The van der Waals surface area contributed by atoms with Crippen molar-refractivity contribution in [3.63, 3.8) is 0 Å². The van der Waals surface area contributed by atoms with Crippen LogP contribution in [0, 0.1) is 11.8 Å². The number of carbonyl (C=O) groups excluding carboxylic acids is 1. The topological polar surface area (TPSA) is 113 Å². The lowest BCUT2D eigenvalue weighted by atomic mass is 9.81. The van der Waals surface area contributed by atoms with Gasteiger partial charge < -0.3 is 10.4 Å². The van der Waals surface area contributed by atoms with Gasteiger partial charge in [0, 0.05) is 17.3 Å². The van der Waals surface area contributed by atoms with E-state index in [1.54, 1.807) is 24.3 Å². The number of benzene rings is 1. The molecule has 0 atom stereocenters. The Hall–Kier alpha value is -2.09. The second-order valence-corrected chi connectivity index (χ2v) is 8.57. The molecule has 1 aliphatic carbocycles. The molecule has 1 amide bonds. The molecule has 0 spiro atoms. The van der Waals surface area contributed by atoms with Gasteiger partial charge in [0.2, 0.25) is 15.9 Å². The number of nitrogens with one attached hydrogen (secondary N) is 2. The highest BCUT2D eigenvalue weighted by atomic mass is 32.2. The predicted octanol–water partition coefficient (Wildman–Crippen LogP) is 3.06. The van der Waals surface area contributed by atoms with Crippen LogP contribution in [0.1, 0.15) is 45.4 Å². The Morgan fingerprint density at radius 3 is 2.12 bits per heavy atom. The molecule has 0 unspecified atom stereocenters. The molecule has 1 aromatic carbocycles. The molecule has 0 saturated heterocycles. The fourth-order valence-corrected chi connectivity index (χ4v) is 4.30. The van der Waals surface area contributed by atoms with E-state index in [0.717, 1.165) is 6.42 Å². The van der Waals surface area contributed by atoms with Gasteiger partial charge in [-0.05, 0) is 56.4 Å². The van der Waals surface area contributed by atoms with Crippen molar-refractivity contribution >= 4 is 33.3 Å². The van der Waals surface area contributed by atoms with Gasteiger partial charge in [-0.15, -0.1) is 0 Å². The molecular weight excluding hydrogens is 356 g/mol. The lowest BCUT2D eigenvalue weighted by Crippen LogP contribution is -2.29. The molecule has 144 valence electrons. The summed E-state index contributed by atoms with van der Waals surface area (Å²) in [5.74, 6) is -1.36. The third kappa shape index (κ3) is 6.01. The second-order valence-electron chi connectivity index (χ2n) is 6.73. The number of unbranched alkanes of at least 4 members (excludes halogenated alkanes) is 1. The van der Waals surface area contributed by atoms with Crippen LogP contribution in [0.4, 0.5) is 11.4 Å². The molecule has 1 fully saturated rings. The van der Waals surface area contributed by atoms with E-state index >= 15 is 0 Å². The lowest BCUT2D eigenvalue weighted by Gasteiger charge is -2.25. The van der Waals surface area contributed by atoms with Gasteiger partial charge in [0.15, 0.2) is 0 Å². The Bertz CT molecular complexity index is 722. The summed E-state index contributed by atoms with van der Waals surface area (Å²) in [5, 5.41) is 11.8. The quantitative estimate of drug-likeness (QED) is 0.639. The van der Waals surface area contributed by atoms with Crippen LogP contribution in [0.5, 0.6) is 0 Å². The van der Waals surface area contributed by atoms with Crippen LogP contribution in [0.2, 0.25) is 0 Å². The first-order chi connectivity index (χ1) is 12.3. The predicted molar refractivity (Wildman–Crippen MR) is 100 cm³/mol. The molecule has 8 heteroatoms. The summed E-state index contributed by atoms with van der Waals surface area (Å²) in [6.45, 7) is 1.93. The Labute approximate surface area is 154 Å². The standard InChI is InChI=1S/C18H26N2O5S/c1-2-3-12-26(24,25)20-16-10-8-15(9-11-16)19-17(21)13-4-6-14(7-5-13)18(22)23/h8-11,13-14,20H,2-7,12H2,1H3,(H,19,21)(H,22,23). The molecular formula is C18H26N2O5S. The van der Waals surface area contributed by atoms with Gasteiger partial charge in [-0.25, -0.2) is 8.42 Å². The molecule has 1 saturated carbocycles. The minimum atomic E-state index is -3.35. The summed E-state index contributed by atoms with van der Waals surface area (Å²) in [5.41, 5.74) is 1.05. The smallest absolute Gasteiger partial charge is 0.306 e. The number of amides is 1. The summed E-state index contributed by atoms with van der Waals surface area (Å²) < 4.78 is 26.3. The van der Waals surface area contributed by atoms with E-state index in [0.29, 0.717) is 43.5 Å². The molecule has 1 aromatic rings. The molecule has 0 radical (unpaired) electrons. The maximum atomic E-state index is 12.3. The highest BCUT2D eigenvalue weighted by Crippen LogP contribution is 2.30. The summed E-state index contributed by atoms with van der Waals surface area (Å²) in [4.78, 5) is 23.3. The van der Waals surface area contributed by atoms with Gasteiger partial charge in [-0.1, -0.05) is 13.3 Å². The van der Waals surface area contributed by atoms with Crippen LogP contribution in [-0.4, -0.2) is 31.2 Å². The second kappa shape index (κ2) is 9.02. The van der Waals surface area contributed by atoms with Crippen molar-refractivity contribution in [2.24, 2.45) is 11.8 Å². The first kappa shape index (κ1) is 20.2. The van der Waals surface area contributed by atoms with E-state index in [9.17, 15) is 18.0 Å². The molecule has 2 rings (SSSR count). The molecule has 0 heterocycles. The molecule has 3 N–H and O–H groups in total. The maximum Gasteiger partial charge on any atom is 0.306 e. The summed E-state index contributed by atoms with van der Waals surface area (Å²) in [7, 11) is -3.35. The fraction of sp³-hybridized carbons (Fsp3) is 0.556. The van der Waals surface area contributed by atoms with Crippen molar-refractivity contribution in [3.05, 3.63) is 24.3 Å². The normalized spacial score (nSPS) is 20.3. The van der Waals surface area contributed by atoms with Gasteiger partial charge in [0.25, 0.3) is 0 Å². The monoisotopic (exact) mass is 382 g/mol. The zero-order valence-electron chi connectivity index (χ0n) is 14.9. The van der Waals surface area contributed by atoms with Crippen molar-refractivity contribution in [2.45, 2.75) is 45.4 Å². The Balaban J connectivity index is 1.87. The number of carbonyl (C=O) groups is 2. The van der Waals surface area contributed by atoms with Crippen molar-refractivity contribution in [2.75, 3.05) is 15.8 Å². The number of rotatable bonds is 8. The average Bonchev–Trinajstić information content (AvgIpc) is 2.61. The summed E-state index contributed by atoms with van der Waals surface area (Å²) in [6, 6.07) is 6.53. The van der Waals surface area contributed by atoms with E-state index in [2.05, 4.69) is 10.0 Å². The van der Waals surface area contributed by atoms with Gasteiger partial charge in [-0.2, -0.15) is 0 Å². The minimum absolute atomic E-state index is 0.0843. The highest BCUT2D eigenvalue weighted by Gasteiger charge is 2.29. The van der Waals surface area contributed by atoms with E-state index in [-0.39, 0.29) is 23.5 Å². The van der Waals surface area contributed by atoms with E-state index in [1.165, 1.54) is 0 Å². The van der Waals surface area contributed by atoms with E-state index < -0.39 is 16.0 Å². The fourth-order valence-electron chi connectivity index (χ4n) is 3.03. The number of sulfonamides is 1. The Kier molecular flexibility index (Phi) is 7.02. The summed E-state index contributed by atoms with van der Waals surface area (Å²) >= 11 is 0. The van der Waals surface area contributed by atoms with Gasteiger partial charge >= 0.3 is 5.97 Å². The van der Waals surface area contributed by atoms with Crippen LogP contribution in [-0.2, 0) is 19.6 Å².